The lowest BCUT2D eigenvalue weighted by Gasteiger charge is -2.14. The van der Waals surface area contributed by atoms with Crippen molar-refractivity contribution in [2.75, 3.05) is 19.6 Å². The van der Waals surface area contributed by atoms with E-state index in [1.54, 1.807) is 24.3 Å². The van der Waals surface area contributed by atoms with Crippen LogP contribution in [-0.2, 0) is 0 Å². The Morgan fingerprint density at radius 3 is 2.67 bits per heavy atom. The lowest BCUT2D eigenvalue weighted by atomic mass is 10.1. The first kappa shape index (κ1) is 17.0. The molecule has 0 aromatic heterocycles. The molecule has 2 atom stereocenters. The molecule has 6 heteroatoms. The van der Waals surface area contributed by atoms with Crippen LogP contribution in [0, 0.1) is 5.92 Å². The van der Waals surface area contributed by atoms with Gasteiger partial charge >= 0.3 is 0 Å². The number of ether oxygens (including phenoxy) is 1. The van der Waals surface area contributed by atoms with E-state index in [2.05, 4.69) is 26.6 Å². The Kier molecular flexibility index (Phi) is 5.50. The largest absolute Gasteiger partial charge is 0.457 e. The average molecular weight is 391 g/mol. The van der Waals surface area contributed by atoms with Crippen LogP contribution < -0.4 is 15.4 Å². The lowest BCUT2D eigenvalue weighted by Crippen LogP contribution is -2.34. The van der Waals surface area contributed by atoms with Gasteiger partial charge in [0.1, 0.15) is 11.5 Å². The molecule has 1 heterocycles. The standard InChI is InChI=1S/C18H19BrN2O3/c19-14-2-1-3-16(8-14)24-15-6-4-12(5-7-15)18(23)21-10-13-9-20-11-17(13)22/h1-8,13,17,20,22H,9-11H2,(H,21,23). The lowest BCUT2D eigenvalue weighted by molar-refractivity contribution is 0.0927. The third kappa shape index (κ3) is 4.35. The van der Waals surface area contributed by atoms with Crippen molar-refractivity contribution in [2.24, 2.45) is 5.92 Å². The molecule has 3 rings (SSSR count). The van der Waals surface area contributed by atoms with Crippen LogP contribution in [0.1, 0.15) is 10.4 Å². The van der Waals surface area contributed by atoms with Gasteiger partial charge in [-0.2, -0.15) is 0 Å². The van der Waals surface area contributed by atoms with E-state index in [9.17, 15) is 9.90 Å². The van der Waals surface area contributed by atoms with Gasteiger partial charge in [-0.3, -0.25) is 4.79 Å². The molecule has 0 saturated carbocycles. The zero-order valence-corrected chi connectivity index (χ0v) is 14.6. The van der Waals surface area contributed by atoms with E-state index >= 15 is 0 Å². The summed E-state index contributed by atoms with van der Waals surface area (Å²) in [6, 6.07) is 14.6. The monoisotopic (exact) mass is 390 g/mol. The summed E-state index contributed by atoms with van der Waals surface area (Å²) in [6.07, 6.45) is -0.397. The minimum Gasteiger partial charge on any atom is -0.457 e. The molecule has 0 spiro atoms. The smallest absolute Gasteiger partial charge is 0.251 e. The molecule has 0 aliphatic carbocycles. The Hall–Kier alpha value is -1.89. The summed E-state index contributed by atoms with van der Waals surface area (Å²) < 4.78 is 6.69. The number of rotatable bonds is 5. The van der Waals surface area contributed by atoms with Crippen LogP contribution in [0.4, 0.5) is 0 Å². The van der Waals surface area contributed by atoms with Gasteiger partial charge in [0.05, 0.1) is 6.10 Å². The topological polar surface area (TPSA) is 70.6 Å². The number of halogens is 1. The Bertz CT molecular complexity index is 706. The predicted molar refractivity (Wildman–Crippen MR) is 95.4 cm³/mol. The summed E-state index contributed by atoms with van der Waals surface area (Å²) in [5.41, 5.74) is 0.567. The van der Waals surface area contributed by atoms with Crippen LogP contribution in [0.5, 0.6) is 11.5 Å². The van der Waals surface area contributed by atoms with Crippen molar-refractivity contribution in [1.29, 1.82) is 0 Å². The zero-order valence-electron chi connectivity index (χ0n) is 13.0. The summed E-state index contributed by atoms with van der Waals surface area (Å²) in [5.74, 6) is 1.31. The number of hydrogen-bond donors (Lipinski definition) is 3. The first-order valence-corrected chi connectivity index (χ1v) is 8.61. The van der Waals surface area contributed by atoms with E-state index in [1.165, 1.54) is 0 Å². The van der Waals surface area contributed by atoms with Crippen molar-refractivity contribution < 1.29 is 14.6 Å². The van der Waals surface area contributed by atoms with Crippen LogP contribution >= 0.6 is 15.9 Å². The van der Waals surface area contributed by atoms with Crippen LogP contribution in [0.25, 0.3) is 0 Å². The first-order chi connectivity index (χ1) is 11.6. The molecular formula is C18H19BrN2O3. The minimum atomic E-state index is -0.397. The van der Waals surface area contributed by atoms with Gasteiger partial charge in [0.15, 0.2) is 0 Å². The van der Waals surface area contributed by atoms with Gasteiger partial charge in [0.2, 0.25) is 0 Å². The fourth-order valence-electron chi connectivity index (χ4n) is 2.59. The molecule has 1 aliphatic rings. The van der Waals surface area contributed by atoms with Crippen molar-refractivity contribution in [2.45, 2.75) is 6.10 Å². The van der Waals surface area contributed by atoms with Crippen molar-refractivity contribution in [3.8, 4) is 11.5 Å². The highest BCUT2D eigenvalue weighted by molar-refractivity contribution is 9.10. The van der Waals surface area contributed by atoms with Crippen LogP contribution in [-0.4, -0.2) is 36.8 Å². The minimum absolute atomic E-state index is 0.0630. The maximum Gasteiger partial charge on any atom is 0.251 e. The molecule has 3 N–H and O–H groups in total. The van der Waals surface area contributed by atoms with Gasteiger partial charge in [-0.1, -0.05) is 22.0 Å². The summed E-state index contributed by atoms with van der Waals surface area (Å²) >= 11 is 3.40. The Labute approximate surface area is 149 Å². The maximum absolute atomic E-state index is 12.2. The number of nitrogens with one attached hydrogen (secondary N) is 2. The SMILES string of the molecule is O=C(NCC1CNCC1O)c1ccc(Oc2cccc(Br)c2)cc1. The van der Waals surface area contributed by atoms with Gasteiger partial charge in [0.25, 0.3) is 5.91 Å². The van der Waals surface area contributed by atoms with Gasteiger partial charge in [0, 0.05) is 35.6 Å². The summed E-state index contributed by atoms with van der Waals surface area (Å²) in [7, 11) is 0. The molecule has 1 fully saturated rings. The van der Waals surface area contributed by atoms with Gasteiger partial charge in [-0.05, 0) is 42.5 Å². The zero-order chi connectivity index (χ0) is 16.9. The highest BCUT2D eigenvalue weighted by atomic mass is 79.9. The molecule has 2 aromatic rings. The number of β-amino-alcohol motifs (C(OH)–C–C–N with tert-alkyl or cyclic N) is 1. The van der Waals surface area contributed by atoms with Crippen molar-refractivity contribution in [1.82, 2.24) is 10.6 Å². The molecule has 5 nitrogen and oxygen atoms in total. The van der Waals surface area contributed by atoms with Gasteiger partial charge in [-0.15, -0.1) is 0 Å². The number of amides is 1. The number of benzene rings is 2. The molecule has 2 aromatic carbocycles. The quantitative estimate of drug-likeness (QED) is 0.733. The number of aliphatic hydroxyl groups excluding tert-OH is 1. The van der Waals surface area contributed by atoms with Gasteiger partial charge < -0.3 is 20.5 Å². The van der Waals surface area contributed by atoms with E-state index in [1.807, 2.05) is 24.3 Å². The molecule has 1 aliphatic heterocycles. The van der Waals surface area contributed by atoms with Crippen LogP contribution in [0.3, 0.4) is 0 Å². The van der Waals surface area contributed by atoms with E-state index in [4.69, 9.17) is 4.74 Å². The second kappa shape index (κ2) is 7.79. The third-order valence-electron chi connectivity index (χ3n) is 3.98. The third-order valence-corrected chi connectivity index (χ3v) is 4.47. The molecule has 0 bridgehead atoms. The maximum atomic E-state index is 12.2. The second-order valence-corrected chi connectivity index (χ2v) is 6.70. The fraction of sp³-hybridized carbons (Fsp3) is 0.278. The van der Waals surface area contributed by atoms with E-state index < -0.39 is 6.10 Å². The van der Waals surface area contributed by atoms with Crippen molar-refractivity contribution in [3.05, 3.63) is 58.6 Å². The summed E-state index contributed by atoms with van der Waals surface area (Å²) in [4.78, 5) is 12.2. The van der Waals surface area contributed by atoms with E-state index in [0.717, 1.165) is 16.8 Å². The number of carbonyl (C=O) groups excluding carboxylic acids is 1. The molecule has 2 unspecified atom stereocenters. The summed E-state index contributed by atoms with van der Waals surface area (Å²) in [6.45, 7) is 1.77. The molecule has 126 valence electrons. The molecule has 1 amide bonds. The fourth-order valence-corrected chi connectivity index (χ4v) is 2.97. The second-order valence-electron chi connectivity index (χ2n) is 5.78. The van der Waals surface area contributed by atoms with Crippen LogP contribution in [0.15, 0.2) is 53.0 Å². The highest BCUT2D eigenvalue weighted by Gasteiger charge is 2.25. The van der Waals surface area contributed by atoms with Gasteiger partial charge in [-0.25, -0.2) is 0 Å². The number of hydrogen-bond acceptors (Lipinski definition) is 4. The number of carbonyl (C=O) groups is 1. The van der Waals surface area contributed by atoms with Crippen molar-refractivity contribution >= 4 is 21.8 Å². The highest BCUT2D eigenvalue weighted by Crippen LogP contribution is 2.24. The molecule has 1 saturated heterocycles. The molecule has 24 heavy (non-hydrogen) atoms. The van der Waals surface area contributed by atoms with Crippen LogP contribution in [0.2, 0.25) is 0 Å². The van der Waals surface area contributed by atoms with E-state index in [-0.39, 0.29) is 11.8 Å². The van der Waals surface area contributed by atoms with Crippen molar-refractivity contribution in [3.63, 3.8) is 0 Å². The summed E-state index contributed by atoms with van der Waals surface area (Å²) in [5, 5.41) is 15.7. The Balaban J connectivity index is 1.56. The molecular weight excluding hydrogens is 372 g/mol. The molecule has 0 radical (unpaired) electrons. The number of aliphatic hydroxyl groups is 1. The normalized spacial score (nSPS) is 19.9. The average Bonchev–Trinajstić information content (AvgIpc) is 2.98. The predicted octanol–water partition coefficient (Wildman–Crippen LogP) is 2.55. The Morgan fingerprint density at radius 1 is 1.21 bits per heavy atom. The first-order valence-electron chi connectivity index (χ1n) is 7.82. The van der Waals surface area contributed by atoms with E-state index in [0.29, 0.717) is 24.4 Å². The Morgan fingerprint density at radius 2 is 2.00 bits per heavy atom.